The molecule has 3 heteroatoms. The van der Waals surface area contributed by atoms with Crippen molar-refractivity contribution in [3.8, 4) is 0 Å². The molecule has 2 rings (SSSR count). The second kappa shape index (κ2) is 6.97. The minimum absolute atomic E-state index is 0.228. The number of nitrogens with zero attached hydrogens (tertiary/aromatic N) is 1. The molecule has 92 valence electrons. The Morgan fingerprint density at radius 3 is 2.50 bits per heavy atom. The second-order valence-electron chi connectivity index (χ2n) is 3.92. The highest BCUT2D eigenvalue weighted by atomic mass is 32.2. The van der Waals surface area contributed by atoms with Crippen LogP contribution in [-0.2, 0) is 0 Å². The van der Waals surface area contributed by atoms with Gasteiger partial charge in [0, 0.05) is 29.3 Å². The van der Waals surface area contributed by atoms with E-state index in [1.165, 1.54) is 4.90 Å². The molecule has 1 heterocycles. The number of hydrogen-bond donors (Lipinski definition) is 0. The molecule has 0 amide bonds. The molecule has 0 aliphatic rings. The molecule has 0 saturated heterocycles. The van der Waals surface area contributed by atoms with E-state index in [1.807, 2.05) is 42.5 Å². The second-order valence-corrected chi connectivity index (χ2v) is 5.09. The molecular weight excluding hydrogens is 242 g/mol. The maximum absolute atomic E-state index is 11.8. The molecule has 0 saturated carbocycles. The van der Waals surface area contributed by atoms with Gasteiger partial charge in [-0.2, -0.15) is 0 Å². The van der Waals surface area contributed by atoms with Gasteiger partial charge >= 0.3 is 0 Å². The summed E-state index contributed by atoms with van der Waals surface area (Å²) in [5, 5.41) is 0. The lowest BCUT2D eigenvalue weighted by Gasteiger charge is -2.01. The Balaban J connectivity index is 1.72. The Kier molecular flexibility index (Phi) is 4.97. The molecular formula is C15H15NOS. The smallest absolute Gasteiger partial charge is 0.162 e. The molecule has 2 aromatic rings. The number of hydrogen-bond acceptors (Lipinski definition) is 3. The molecule has 1 aromatic carbocycles. The van der Waals surface area contributed by atoms with Crippen molar-refractivity contribution in [1.29, 1.82) is 0 Å². The number of ketones is 1. The summed E-state index contributed by atoms with van der Waals surface area (Å²) in [5.41, 5.74) is 0.811. The number of Topliss-reactive ketones (excluding diaryl/α,β-unsaturated/α-hetero) is 1. The lowest BCUT2D eigenvalue weighted by Crippen LogP contribution is -1.99. The van der Waals surface area contributed by atoms with E-state index in [2.05, 4.69) is 4.98 Å². The minimum Gasteiger partial charge on any atom is -0.294 e. The SMILES string of the molecule is O=C(CCCSc1ccncc1)c1ccccc1. The number of pyridine rings is 1. The minimum atomic E-state index is 0.228. The monoisotopic (exact) mass is 257 g/mol. The van der Waals surface area contributed by atoms with Gasteiger partial charge in [-0.25, -0.2) is 0 Å². The first-order valence-electron chi connectivity index (χ1n) is 5.97. The fourth-order valence-electron chi connectivity index (χ4n) is 1.63. The molecule has 0 unspecified atom stereocenters. The summed E-state index contributed by atoms with van der Waals surface area (Å²) in [6.07, 6.45) is 5.09. The number of thioether (sulfide) groups is 1. The lowest BCUT2D eigenvalue weighted by molar-refractivity contribution is 0.0982. The molecule has 1 aromatic heterocycles. The van der Waals surface area contributed by atoms with E-state index in [-0.39, 0.29) is 5.78 Å². The summed E-state index contributed by atoms with van der Waals surface area (Å²) in [7, 11) is 0. The van der Waals surface area contributed by atoms with Gasteiger partial charge in [-0.3, -0.25) is 9.78 Å². The van der Waals surface area contributed by atoms with E-state index in [1.54, 1.807) is 24.2 Å². The lowest BCUT2D eigenvalue weighted by atomic mass is 10.1. The highest BCUT2D eigenvalue weighted by Crippen LogP contribution is 2.18. The quantitative estimate of drug-likeness (QED) is 0.447. The molecule has 0 aliphatic heterocycles. The van der Waals surface area contributed by atoms with E-state index < -0.39 is 0 Å². The van der Waals surface area contributed by atoms with Crippen LogP contribution in [0.2, 0.25) is 0 Å². The maximum Gasteiger partial charge on any atom is 0.162 e. The largest absolute Gasteiger partial charge is 0.294 e. The van der Waals surface area contributed by atoms with Crippen molar-refractivity contribution in [1.82, 2.24) is 4.98 Å². The zero-order chi connectivity index (χ0) is 12.6. The van der Waals surface area contributed by atoms with Crippen molar-refractivity contribution in [3.05, 3.63) is 60.4 Å². The van der Waals surface area contributed by atoms with Gasteiger partial charge in [-0.15, -0.1) is 11.8 Å². The van der Waals surface area contributed by atoms with E-state index >= 15 is 0 Å². The molecule has 0 bridgehead atoms. The third-order valence-corrected chi connectivity index (χ3v) is 3.66. The number of carbonyl (C=O) groups is 1. The zero-order valence-electron chi connectivity index (χ0n) is 10.1. The first-order chi connectivity index (χ1) is 8.86. The predicted molar refractivity (Wildman–Crippen MR) is 75.0 cm³/mol. The van der Waals surface area contributed by atoms with Gasteiger partial charge in [0.05, 0.1) is 0 Å². The van der Waals surface area contributed by atoms with Crippen LogP contribution in [0.5, 0.6) is 0 Å². The van der Waals surface area contributed by atoms with E-state index in [4.69, 9.17) is 0 Å². The topological polar surface area (TPSA) is 30.0 Å². The van der Waals surface area contributed by atoms with E-state index in [0.29, 0.717) is 6.42 Å². The molecule has 2 nitrogen and oxygen atoms in total. The van der Waals surface area contributed by atoms with Crippen LogP contribution in [0.1, 0.15) is 23.2 Å². The molecule has 0 radical (unpaired) electrons. The zero-order valence-corrected chi connectivity index (χ0v) is 10.9. The van der Waals surface area contributed by atoms with Crippen LogP contribution in [0.15, 0.2) is 59.8 Å². The molecule has 0 N–H and O–H groups in total. The van der Waals surface area contributed by atoms with Gasteiger partial charge in [0.25, 0.3) is 0 Å². The number of aromatic nitrogens is 1. The highest BCUT2D eigenvalue weighted by Gasteiger charge is 2.04. The fourth-order valence-corrected chi connectivity index (χ4v) is 2.46. The van der Waals surface area contributed by atoms with Gasteiger partial charge in [0.1, 0.15) is 0 Å². The predicted octanol–water partition coefficient (Wildman–Crippen LogP) is 3.84. The third-order valence-electron chi connectivity index (χ3n) is 2.56. The van der Waals surface area contributed by atoms with Crippen molar-refractivity contribution >= 4 is 17.5 Å². The van der Waals surface area contributed by atoms with Gasteiger partial charge in [-0.05, 0) is 24.3 Å². The van der Waals surface area contributed by atoms with Crippen molar-refractivity contribution in [3.63, 3.8) is 0 Å². The maximum atomic E-state index is 11.8. The van der Waals surface area contributed by atoms with Gasteiger partial charge in [-0.1, -0.05) is 30.3 Å². The molecule has 0 atom stereocenters. The summed E-state index contributed by atoms with van der Waals surface area (Å²) in [6.45, 7) is 0. The normalized spacial score (nSPS) is 10.2. The first kappa shape index (κ1) is 12.8. The number of benzene rings is 1. The van der Waals surface area contributed by atoms with Crippen LogP contribution < -0.4 is 0 Å². The van der Waals surface area contributed by atoms with Crippen molar-refractivity contribution in [2.75, 3.05) is 5.75 Å². The van der Waals surface area contributed by atoms with Crippen LogP contribution >= 0.6 is 11.8 Å². The van der Waals surface area contributed by atoms with Crippen molar-refractivity contribution in [2.24, 2.45) is 0 Å². The summed E-state index contributed by atoms with van der Waals surface area (Å²) < 4.78 is 0. The molecule has 0 aliphatic carbocycles. The van der Waals surface area contributed by atoms with E-state index in [0.717, 1.165) is 17.7 Å². The standard InChI is InChI=1S/C15H15NOS/c17-15(13-5-2-1-3-6-13)7-4-12-18-14-8-10-16-11-9-14/h1-3,5-6,8-11H,4,7,12H2. The summed E-state index contributed by atoms with van der Waals surface area (Å²) in [5.74, 6) is 1.19. The average molecular weight is 257 g/mol. The molecule has 0 fully saturated rings. The van der Waals surface area contributed by atoms with Gasteiger partial charge in [0.2, 0.25) is 0 Å². The van der Waals surface area contributed by atoms with Crippen LogP contribution in [0.4, 0.5) is 0 Å². The Hall–Kier alpha value is -1.61. The molecule has 0 spiro atoms. The third kappa shape index (κ3) is 4.00. The Labute approximate surface area is 111 Å². The van der Waals surface area contributed by atoms with E-state index in [9.17, 15) is 4.79 Å². The number of rotatable bonds is 6. The van der Waals surface area contributed by atoms with Gasteiger partial charge < -0.3 is 0 Å². The highest BCUT2D eigenvalue weighted by molar-refractivity contribution is 7.99. The first-order valence-corrected chi connectivity index (χ1v) is 6.96. The summed E-state index contributed by atoms with van der Waals surface area (Å²) in [6, 6.07) is 13.5. The van der Waals surface area contributed by atoms with Crippen LogP contribution in [-0.4, -0.2) is 16.5 Å². The van der Waals surface area contributed by atoms with Gasteiger partial charge in [0.15, 0.2) is 5.78 Å². The van der Waals surface area contributed by atoms with Crippen molar-refractivity contribution < 1.29 is 4.79 Å². The Bertz CT molecular complexity index is 484. The average Bonchev–Trinajstić information content (AvgIpc) is 2.45. The van der Waals surface area contributed by atoms with Crippen LogP contribution in [0.3, 0.4) is 0 Å². The summed E-state index contributed by atoms with van der Waals surface area (Å²) >= 11 is 1.77. The Morgan fingerprint density at radius 2 is 1.78 bits per heavy atom. The Morgan fingerprint density at radius 1 is 1.06 bits per heavy atom. The van der Waals surface area contributed by atoms with Crippen molar-refractivity contribution in [2.45, 2.75) is 17.7 Å². The number of carbonyl (C=O) groups excluding carboxylic acids is 1. The molecule has 18 heavy (non-hydrogen) atoms. The fraction of sp³-hybridized carbons (Fsp3) is 0.200. The summed E-state index contributed by atoms with van der Waals surface area (Å²) in [4.78, 5) is 17.0. The van der Waals surface area contributed by atoms with Crippen LogP contribution in [0, 0.1) is 0 Å². The van der Waals surface area contributed by atoms with Crippen LogP contribution in [0.25, 0.3) is 0 Å².